The lowest BCUT2D eigenvalue weighted by Gasteiger charge is -2.16. The predicted molar refractivity (Wildman–Crippen MR) is 71.4 cm³/mol. The zero-order valence-electron chi connectivity index (χ0n) is 11.7. The summed E-state index contributed by atoms with van der Waals surface area (Å²) >= 11 is 0. The van der Waals surface area contributed by atoms with Crippen molar-refractivity contribution in [1.29, 1.82) is 0 Å². The van der Waals surface area contributed by atoms with Gasteiger partial charge in [0.2, 0.25) is 5.88 Å². The van der Waals surface area contributed by atoms with Gasteiger partial charge in [0.1, 0.15) is 31.2 Å². The van der Waals surface area contributed by atoms with Gasteiger partial charge in [-0.2, -0.15) is 4.98 Å². The first-order valence-corrected chi connectivity index (χ1v) is 6.66. The van der Waals surface area contributed by atoms with E-state index in [-0.39, 0.29) is 23.7 Å². The summed E-state index contributed by atoms with van der Waals surface area (Å²) in [6, 6.07) is 0. The smallest absolute Gasteiger partial charge is 0.329 e. The average Bonchev–Trinajstić information content (AvgIpc) is 3.04. The molecular formula is C12H14N4O7. The van der Waals surface area contributed by atoms with E-state index < -0.39 is 37.1 Å². The molecular weight excluding hydrogens is 312 g/mol. The molecule has 1 fully saturated rings. The first kappa shape index (κ1) is 15.6. The molecule has 3 rings (SSSR count). The van der Waals surface area contributed by atoms with Crippen molar-refractivity contribution >= 4 is 17.1 Å². The molecule has 0 aromatic carbocycles. The van der Waals surface area contributed by atoms with E-state index in [0.717, 1.165) is 6.33 Å². The van der Waals surface area contributed by atoms with Crippen molar-refractivity contribution in [3.05, 3.63) is 12.7 Å². The van der Waals surface area contributed by atoms with E-state index in [1.165, 1.54) is 10.9 Å². The fraction of sp³-hybridized carbons (Fsp3) is 0.500. The van der Waals surface area contributed by atoms with Crippen LogP contribution in [0, 0.1) is 0 Å². The molecule has 2 aromatic rings. The Morgan fingerprint density at radius 1 is 1.30 bits per heavy atom. The van der Waals surface area contributed by atoms with Crippen LogP contribution in [0.2, 0.25) is 0 Å². The van der Waals surface area contributed by atoms with Crippen LogP contribution in [0.15, 0.2) is 12.7 Å². The minimum absolute atomic E-state index is 0.128. The van der Waals surface area contributed by atoms with Gasteiger partial charge in [0.05, 0.1) is 12.9 Å². The predicted octanol–water partition coefficient (Wildman–Crippen LogP) is -1.75. The highest BCUT2D eigenvalue weighted by molar-refractivity contribution is 5.75. The van der Waals surface area contributed by atoms with Gasteiger partial charge in [-0.3, -0.25) is 4.57 Å². The Kier molecular flexibility index (Phi) is 4.09. The van der Waals surface area contributed by atoms with Crippen molar-refractivity contribution in [3.63, 3.8) is 0 Å². The zero-order chi connectivity index (χ0) is 16.6. The molecule has 2 aromatic heterocycles. The van der Waals surface area contributed by atoms with E-state index in [4.69, 9.17) is 14.6 Å². The van der Waals surface area contributed by atoms with E-state index in [9.17, 15) is 20.1 Å². The van der Waals surface area contributed by atoms with Gasteiger partial charge in [-0.05, 0) is 0 Å². The van der Waals surface area contributed by atoms with Crippen LogP contribution in [0.1, 0.15) is 6.23 Å². The van der Waals surface area contributed by atoms with E-state index in [1.54, 1.807) is 0 Å². The number of aromatic nitrogens is 4. The zero-order valence-corrected chi connectivity index (χ0v) is 11.7. The summed E-state index contributed by atoms with van der Waals surface area (Å²) in [6.45, 7) is -0.740. The molecule has 0 bridgehead atoms. The van der Waals surface area contributed by atoms with Crippen molar-refractivity contribution in [2.75, 3.05) is 13.2 Å². The number of rotatable bonds is 5. The number of hydrogen-bond donors (Lipinski definition) is 4. The highest BCUT2D eigenvalue weighted by Gasteiger charge is 2.44. The number of carboxylic acids is 1. The number of fused-ring (bicyclic) bond motifs is 1. The third-order valence-electron chi connectivity index (χ3n) is 3.46. The number of aromatic hydroxyl groups is 1. The Morgan fingerprint density at radius 2 is 2.09 bits per heavy atom. The highest BCUT2D eigenvalue weighted by atomic mass is 16.6. The second kappa shape index (κ2) is 6.04. The number of aliphatic hydroxyl groups is 2. The Bertz CT molecular complexity index is 720. The molecule has 4 atom stereocenters. The van der Waals surface area contributed by atoms with Gasteiger partial charge in [-0.1, -0.05) is 0 Å². The molecule has 124 valence electrons. The molecule has 0 saturated carbocycles. The van der Waals surface area contributed by atoms with Crippen molar-refractivity contribution in [3.8, 4) is 5.88 Å². The fourth-order valence-corrected chi connectivity index (χ4v) is 2.38. The third-order valence-corrected chi connectivity index (χ3v) is 3.46. The molecule has 11 nitrogen and oxygen atoms in total. The van der Waals surface area contributed by atoms with Crippen LogP contribution in [-0.2, 0) is 14.3 Å². The molecule has 11 heteroatoms. The standard InChI is InChI=1S/C12H14N4O7/c17-6(18)2-22-1-5-8(19)9(20)12(23-5)16-4-15-7-10(16)13-3-14-11(7)21/h3-5,8-9,12,19-20H,1-2H2,(H,17,18)(H,13,14,21)/t5-,8-,9-,12-/m1/s1. The molecule has 0 aliphatic carbocycles. The summed E-state index contributed by atoms with van der Waals surface area (Å²) in [5, 5.41) is 38.3. The number of imidazole rings is 1. The summed E-state index contributed by atoms with van der Waals surface area (Å²) in [5.74, 6) is -1.47. The monoisotopic (exact) mass is 326 g/mol. The minimum atomic E-state index is -1.30. The third kappa shape index (κ3) is 2.82. The first-order chi connectivity index (χ1) is 11.0. The number of hydrogen-bond acceptors (Lipinski definition) is 9. The van der Waals surface area contributed by atoms with Crippen LogP contribution in [0.5, 0.6) is 5.88 Å². The summed E-state index contributed by atoms with van der Waals surface area (Å²) in [4.78, 5) is 21.9. The maximum Gasteiger partial charge on any atom is 0.329 e. The topological polar surface area (TPSA) is 160 Å². The molecule has 0 unspecified atom stereocenters. The fourth-order valence-electron chi connectivity index (χ4n) is 2.38. The van der Waals surface area contributed by atoms with Crippen molar-refractivity contribution in [2.45, 2.75) is 24.5 Å². The molecule has 23 heavy (non-hydrogen) atoms. The summed E-state index contributed by atoms with van der Waals surface area (Å²) in [5.41, 5.74) is 0.351. The second-order valence-electron chi connectivity index (χ2n) is 4.98. The number of aliphatic carboxylic acids is 1. The van der Waals surface area contributed by atoms with E-state index >= 15 is 0 Å². The minimum Gasteiger partial charge on any atom is -0.492 e. The largest absolute Gasteiger partial charge is 0.492 e. The van der Waals surface area contributed by atoms with Crippen LogP contribution in [-0.4, -0.2) is 77.4 Å². The van der Waals surface area contributed by atoms with E-state index in [1.807, 2.05) is 0 Å². The Labute approximate surface area is 128 Å². The molecule has 1 aliphatic heterocycles. The lowest BCUT2D eigenvalue weighted by atomic mass is 10.1. The van der Waals surface area contributed by atoms with Gasteiger partial charge in [0, 0.05) is 0 Å². The Morgan fingerprint density at radius 3 is 2.83 bits per heavy atom. The van der Waals surface area contributed by atoms with Gasteiger partial charge in [-0.15, -0.1) is 0 Å². The first-order valence-electron chi connectivity index (χ1n) is 6.66. The van der Waals surface area contributed by atoms with Crippen LogP contribution in [0.25, 0.3) is 11.2 Å². The Hall–Kier alpha value is -2.34. The van der Waals surface area contributed by atoms with Gasteiger partial charge < -0.3 is 29.9 Å². The lowest BCUT2D eigenvalue weighted by molar-refractivity contribution is -0.144. The molecule has 1 aliphatic rings. The number of nitrogens with zero attached hydrogens (tertiary/aromatic N) is 4. The van der Waals surface area contributed by atoms with Crippen LogP contribution in [0.3, 0.4) is 0 Å². The van der Waals surface area contributed by atoms with E-state index in [2.05, 4.69) is 15.0 Å². The molecule has 1 saturated heterocycles. The molecule has 4 N–H and O–H groups in total. The average molecular weight is 326 g/mol. The highest BCUT2D eigenvalue weighted by Crippen LogP contribution is 2.32. The van der Waals surface area contributed by atoms with Crippen LogP contribution >= 0.6 is 0 Å². The van der Waals surface area contributed by atoms with Gasteiger partial charge in [0.25, 0.3) is 0 Å². The maximum absolute atomic E-state index is 10.4. The normalized spacial score (nSPS) is 27.6. The van der Waals surface area contributed by atoms with Crippen molar-refractivity contribution < 1.29 is 34.7 Å². The summed E-state index contributed by atoms with van der Waals surface area (Å²) in [7, 11) is 0. The van der Waals surface area contributed by atoms with E-state index in [0.29, 0.717) is 0 Å². The van der Waals surface area contributed by atoms with Gasteiger partial charge >= 0.3 is 5.97 Å². The molecule has 0 spiro atoms. The van der Waals surface area contributed by atoms with Gasteiger partial charge in [0.15, 0.2) is 17.4 Å². The molecule has 0 amide bonds. The molecule has 3 heterocycles. The second-order valence-corrected chi connectivity index (χ2v) is 4.98. The molecule has 0 radical (unpaired) electrons. The SMILES string of the molecule is O=C(O)COC[C@H]1O[C@@H](n2cnc3c(O)ncnc32)[C@H](O)[C@@H]1O. The maximum atomic E-state index is 10.4. The summed E-state index contributed by atoms with van der Waals surface area (Å²) < 4.78 is 11.8. The number of aliphatic hydroxyl groups excluding tert-OH is 2. The number of carboxylic acid groups (broad SMARTS) is 1. The number of ether oxygens (including phenoxy) is 2. The Balaban J connectivity index is 1.80. The van der Waals surface area contributed by atoms with Crippen LogP contribution in [0.4, 0.5) is 0 Å². The van der Waals surface area contributed by atoms with Crippen molar-refractivity contribution in [2.24, 2.45) is 0 Å². The van der Waals surface area contributed by atoms with Gasteiger partial charge in [-0.25, -0.2) is 14.8 Å². The van der Waals surface area contributed by atoms with Crippen molar-refractivity contribution in [1.82, 2.24) is 19.5 Å². The summed E-state index contributed by atoms with van der Waals surface area (Å²) in [6.07, 6.45) is -2.09. The van der Waals surface area contributed by atoms with Crippen LogP contribution < -0.4 is 0 Å². The quantitative estimate of drug-likeness (QED) is 0.496. The lowest BCUT2D eigenvalue weighted by Crippen LogP contribution is -2.34. The number of carbonyl (C=O) groups is 1.